The van der Waals surface area contributed by atoms with Crippen molar-refractivity contribution in [3.05, 3.63) is 118 Å². The van der Waals surface area contributed by atoms with E-state index < -0.39 is 11.8 Å². The first-order chi connectivity index (χ1) is 17.3. The van der Waals surface area contributed by atoms with Crippen LogP contribution >= 0.6 is 0 Å². The van der Waals surface area contributed by atoms with Gasteiger partial charge in [0, 0.05) is 17.4 Å². The van der Waals surface area contributed by atoms with Crippen LogP contribution in [0.2, 0.25) is 0 Å². The van der Waals surface area contributed by atoms with Crippen molar-refractivity contribution >= 4 is 28.9 Å². The Morgan fingerprint density at radius 1 is 0.694 bits per heavy atom. The number of hydrogen-bond donors (Lipinski definition) is 0. The average molecular weight is 474 g/mol. The maximum absolute atomic E-state index is 13.8. The Kier molecular flexibility index (Phi) is 5.15. The highest BCUT2D eigenvalue weighted by molar-refractivity contribution is 6.23. The monoisotopic (exact) mass is 473 g/mol. The SMILES string of the molecule is CC(=O)c1cccc(N2C(=O)[C@H]3[C@H](C2=O)[C@H]2C=C[C@H]3C2=C(c2ccc(C)cc2)c2ccc(C)cc2)c1. The number of imide groups is 1. The molecule has 0 aromatic heterocycles. The average Bonchev–Trinajstić information content (AvgIpc) is 3.50. The van der Waals surface area contributed by atoms with E-state index in [1.807, 2.05) is 0 Å². The number of anilines is 1. The lowest BCUT2D eigenvalue weighted by molar-refractivity contribution is -0.122. The second-order valence-electron chi connectivity index (χ2n) is 10.2. The van der Waals surface area contributed by atoms with Crippen molar-refractivity contribution in [2.45, 2.75) is 20.8 Å². The molecule has 2 fully saturated rings. The molecule has 36 heavy (non-hydrogen) atoms. The molecular weight excluding hydrogens is 446 g/mol. The van der Waals surface area contributed by atoms with Gasteiger partial charge in [-0.3, -0.25) is 14.4 Å². The molecule has 178 valence electrons. The third kappa shape index (κ3) is 3.32. The van der Waals surface area contributed by atoms with E-state index in [1.165, 1.54) is 23.0 Å². The summed E-state index contributed by atoms with van der Waals surface area (Å²) in [7, 11) is 0. The lowest BCUT2D eigenvalue weighted by Gasteiger charge is -2.22. The molecule has 3 aromatic carbocycles. The van der Waals surface area contributed by atoms with Gasteiger partial charge in [0.25, 0.3) is 0 Å². The molecular formula is C32H27NO3. The topological polar surface area (TPSA) is 54.5 Å². The largest absolute Gasteiger partial charge is 0.295 e. The molecule has 3 aromatic rings. The zero-order chi connectivity index (χ0) is 25.1. The Hall–Kier alpha value is -4.05. The molecule has 4 atom stereocenters. The fourth-order valence-corrected chi connectivity index (χ4v) is 6.16. The summed E-state index contributed by atoms with van der Waals surface area (Å²) in [6.07, 6.45) is 4.23. The fourth-order valence-electron chi connectivity index (χ4n) is 6.16. The highest BCUT2D eigenvalue weighted by Crippen LogP contribution is 2.58. The number of ketones is 1. The predicted octanol–water partition coefficient (Wildman–Crippen LogP) is 5.93. The van der Waals surface area contributed by atoms with Gasteiger partial charge in [-0.2, -0.15) is 0 Å². The van der Waals surface area contributed by atoms with Crippen LogP contribution < -0.4 is 4.90 Å². The summed E-state index contributed by atoms with van der Waals surface area (Å²) >= 11 is 0. The molecule has 1 saturated heterocycles. The Bertz CT molecular complexity index is 1400. The molecule has 2 amide bonds. The normalized spacial score (nSPS) is 24.0. The molecule has 1 aliphatic heterocycles. The standard InChI is InChI=1S/C32H27NO3/c1-18-7-11-21(12-8-18)27(22-13-9-19(2)10-14-22)28-25-15-16-26(28)30-29(25)31(35)33(32(30)36)24-6-4-5-23(17-24)20(3)34/h4-17,25-26,29-30H,1-3H3/t25-,26-,29+,30+/m0/s1. The maximum atomic E-state index is 13.8. The molecule has 0 radical (unpaired) electrons. The summed E-state index contributed by atoms with van der Waals surface area (Å²) < 4.78 is 0. The number of hydrogen-bond acceptors (Lipinski definition) is 3. The third-order valence-electron chi connectivity index (χ3n) is 7.90. The minimum atomic E-state index is -0.422. The molecule has 4 nitrogen and oxygen atoms in total. The van der Waals surface area contributed by atoms with Gasteiger partial charge in [0.2, 0.25) is 11.8 Å². The highest BCUT2D eigenvalue weighted by atomic mass is 16.2. The summed E-state index contributed by atoms with van der Waals surface area (Å²) in [6, 6.07) is 23.8. The Balaban J connectivity index is 1.47. The van der Waals surface area contributed by atoms with E-state index >= 15 is 0 Å². The first-order valence-electron chi connectivity index (χ1n) is 12.4. The number of allylic oxidation sites excluding steroid dienone is 3. The number of aryl methyl sites for hydroxylation is 2. The first kappa shape index (κ1) is 22.4. The van der Waals surface area contributed by atoms with E-state index in [2.05, 4.69) is 74.5 Å². The molecule has 2 aliphatic carbocycles. The summed E-state index contributed by atoms with van der Waals surface area (Å²) in [5.41, 5.74) is 7.83. The van der Waals surface area contributed by atoms with Crippen molar-refractivity contribution in [3.63, 3.8) is 0 Å². The van der Waals surface area contributed by atoms with Crippen LogP contribution in [-0.4, -0.2) is 17.6 Å². The van der Waals surface area contributed by atoms with Gasteiger partial charge in [-0.25, -0.2) is 4.90 Å². The first-order valence-corrected chi connectivity index (χ1v) is 12.4. The van der Waals surface area contributed by atoms with Crippen molar-refractivity contribution in [2.24, 2.45) is 23.7 Å². The van der Waals surface area contributed by atoms with Crippen molar-refractivity contribution in [1.82, 2.24) is 0 Å². The number of amides is 2. The van der Waals surface area contributed by atoms with Gasteiger partial charge in [-0.05, 0) is 55.2 Å². The zero-order valence-corrected chi connectivity index (χ0v) is 20.6. The van der Waals surface area contributed by atoms with Crippen LogP contribution in [0, 0.1) is 37.5 Å². The number of Topliss-reactive ketones (excluding diaryl/α,β-unsaturated/α-hetero) is 1. The number of carbonyl (C=O) groups excluding carboxylic acids is 3. The smallest absolute Gasteiger partial charge is 0.238 e. The van der Waals surface area contributed by atoms with Crippen LogP contribution in [0.15, 0.2) is 90.5 Å². The predicted molar refractivity (Wildman–Crippen MR) is 140 cm³/mol. The lowest BCUT2D eigenvalue weighted by Crippen LogP contribution is -2.33. The number of rotatable bonds is 4. The third-order valence-corrected chi connectivity index (χ3v) is 7.90. The van der Waals surface area contributed by atoms with Gasteiger partial charge >= 0.3 is 0 Å². The van der Waals surface area contributed by atoms with Crippen LogP contribution in [0.5, 0.6) is 0 Å². The van der Waals surface area contributed by atoms with Gasteiger partial charge in [0.15, 0.2) is 5.78 Å². The van der Waals surface area contributed by atoms with E-state index in [9.17, 15) is 14.4 Å². The number of benzene rings is 3. The molecule has 1 saturated carbocycles. The fraction of sp³-hybridized carbons (Fsp3) is 0.219. The maximum Gasteiger partial charge on any atom is 0.238 e. The zero-order valence-electron chi connectivity index (χ0n) is 20.6. The van der Waals surface area contributed by atoms with Crippen molar-refractivity contribution in [3.8, 4) is 0 Å². The lowest BCUT2D eigenvalue weighted by atomic mass is 9.85. The summed E-state index contributed by atoms with van der Waals surface area (Å²) in [5.74, 6) is -1.54. The van der Waals surface area contributed by atoms with E-state index in [-0.39, 0.29) is 29.4 Å². The Labute approximate surface area is 211 Å². The highest BCUT2D eigenvalue weighted by Gasteiger charge is 2.62. The number of carbonyl (C=O) groups is 3. The molecule has 6 rings (SSSR count). The van der Waals surface area contributed by atoms with E-state index in [0.29, 0.717) is 11.3 Å². The molecule has 0 N–H and O–H groups in total. The van der Waals surface area contributed by atoms with E-state index in [0.717, 1.165) is 22.3 Å². The van der Waals surface area contributed by atoms with E-state index in [1.54, 1.807) is 24.3 Å². The van der Waals surface area contributed by atoms with Crippen LogP contribution in [0.1, 0.15) is 39.5 Å². The van der Waals surface area contributed by atoms with Crippen LogP contribution in [0.25, 0.3) is 5.57 Å². The van der Waals surface area contributed by atoms with Crippen molar-refractivity contribution in [1.29, 1.82) is 0 Å². The van der Waals surface area contributed by atoms with E-state index in [4.69, 9.17) is 0 Å². The van der Waals surface area contributed by atoms with Crippen molar-refractivity contribution in [2.75, 3.05) is 4.90 Å². The van der Waals surface area contributed by atoms with Crippen LogP contribution in [-0.2, 0) is 9.59 Å². The summed E-state index contributed by atoms with van der Waals surface area (Å²) in [4.78, 5) is 40.7. The van der Waals surface area contributed by atoms with Crippen LogP contribution in [0.4, 0.5) is 5.69 Å². The molecule has 4 heteroatoms. The summed E-state index contributed by atoms with van der Waals surface area (Å²) in [5, 5.41) is 0. The van der Waals surface area contributed by atoms with Gasteiger partial charge in [-0.15, -0.1) is 0 Å². The number of nitrogens with zero attached hydrogens (tertiary/aromatic N) is 1. The van der Waals surface area contributed by atoms with Gasteiger partial charge < -0.3 is 0 Å². The molecule has 1 heterocycles. The number of fused-ring (bicyclic) bond motifs is 5. The molecule has 2 bridgehead atoms. The van der Waals surface area contributed by atoms with Gasteiger partial charge in [0.05, 0.1) is 17.5 Å². The second-order valence-corrected chi connectivity index (χ2v) is 10.2. The Morgan fingerprint density at radius 2 is 1.19 bits per heavy atom. The van der Waals surface area contributed by atoms with Gasteiger partial charge in [-0.1, -0.05) is 83.9 Å². The molecule has 0 unspecified atom stereocenters. The second kappa shape index (κ2) is 8.27. The molecule has 0 spiro atoms. The van der Waals surface area contributed by atoms with Crippen molar-refractivity contribution < 1.29 is 14.4 Å². The minimum absolute atomic E-state index is 0.0936. The summed E-state index contributed by atoms with van der Waals surface area (Å²) in [6.45, 7) is 5.63. The Morgan fingerprint density at radius 3 is 1.67 bits per heavy atom. The minimum Gasteiger partial charge on any atom is -0.295 e. The quantitative estimate of drug-likeness (QED) is 0.268. The molecule has 3 aliphatic rings. The van der Waals surface area contributed by atoms with Gasteiger partial charge in [0.1, 0.15) is 0 Å². The van der Waals surface area contributed by atoms with Crippen LogP contribution in [0.3, 0.4) is 0 Å².